The summed E-state index contributed by atoms with van der Waals surface area (Å²) in [4.78, 5) is 14.4. The highest BCUT2D eigenvalue weighted by atomic mass is 16.5. The van der Waals surface area contributed by atoms with Crippen LogP contribution in [0.5, 0.6) is 0 Å². The number of carbonyl (C=O) groups excluding carboxylic acids is 1. The van der Waals surface area contributed by atoms with Gasteiger partial charge in [0.2, 0.25) is 0 Å². The first-order chi connectivity index (χ1) is 10.7. The molecule has 2 saturated heterocycles. The molecule has 3 heterocycles. The number of hydrogen-bond acceptors (Lipinski definition) is 4. The molecule has 4 heteroatoms. The number of nitrogens with one attached hydrogen (secondary N) is 1. The number of esters is 1. The van der Waals surface area contributed by atoms with Crippen molar-refractivity contribution in [3.05, 3.63) is 29.3 Å². The van der Waals surface area contributed by atoms with E-state index in [1.54, 1.807) is 0 Å². The lowest BCUT2D eigenvalue weighted by Crippen LogP contribution is -2.38. The van der Waals surface area contributed by atoms with Gasteiger partial charge in [0.05, 0.1) is 5.56 Å². The van der Waals surface area contributed by atoms with E-state index in [0.717, 1.165) is 43.7 Å². The Labute approximate surface area is 131 Å². The van der Waals surface area contributed by atoms with Crippen molar-refractivity contribution < 1.29 is 9.53 Å². The number of anilines is 1. The molecule has 0 aromatic heterocycles. The third kappa shape index (κ3) is 2.39. The summed E-state index contributed by atoms with van der Waals surface area (Å²) in [6.07, 6.45) is 4.70. The van der Waals surface area contributed by atoms with E-state index >= 15 is 0 Å². The third-order valence-electron chi connectivity index (χ3n) is 5.59. The average Bonchev–Trinajstić information content (AvgIpc) is 2.91. The van der Waals surface area contributed by atoms with E-state index < -0.39 is 0 Å². The number of fused-ring (bicyclic) bond motifs is 1. The van der Waals surface area contributed by atoms with E-state index in [1.807, 2.05) is 13.0 Å². The van der Waals surface area contributed by atoms with Gasteiger partial charge in [-0.3, -0.25) is 0 Å². The quantitative estimate of drug-likeness (QED) is 0.809. The number of hydrogen-bond donors (Lipinski definition) is 1. The Bertz CT molecular complexity index is 593. The first-order valence-electron chi connectivity index (χ1n) is 8.45. The summed E-state index contributed by atoms with van der Waals surface area (Å²) in [5, 5.41) is 3.47. The van der Waals surface area contributed by atoms with Crippen LogP contribution < -0.4 is 10.2 Å². The molecule has 4 nitrogen and oxygen atoms in total. The van der Waals surface area contributed by atoms with Gasteiger partial charge in [-0.2, -0.15) is 0 Å². The van der Waals surface area contributed by atoms with Crippen molar-refractivity contribution in [1.82, 2.24) is 5.32 Å². The van der Waals surface area contributed by atoms with E-state index in [4.69, 9.17) is 4.74 Å². The molecule has 1 aromatic carbocycles. The van der Waals surface area contributed by atoms with E-state index in [0.29, 0.717) is 5.41 Å². The molecule has 1 aromatic rings. The Balaban J connectivity index is 1.56. The molecule has 2 fully saturated rings. The lowest BCUT2D eigenvalue weighted by molar-refractivity contribution is 0.0301. The van der Waals surface area contributed by atoms with E-state index in [2.05, 4.69) is 22.3 Å². The predicted molar refractivity (Wildman–Crippen MR) is 86.4 cm³/mol. The van der Waals surface area contributed by atoms with Crippen LogP contribution in [0.25, 0.3) is 0 Å². The molecule has 1 spiro atoms. The molecule has 0 aliphatic carbocycles. The fraction of sp³-hybridized carbons (Fsp3) is 0.611. The lowest BCUT2D eigenvalue weighted by Gasteiger charge is -2.34. The minimum atomic E-state index is -0.170. The van der Waals surface area contributed by atoms with Gasteiger partial charge in [0, 0.05) is 25.2 Å². The van der Waals surface area contributed by atoms with Gasteiger partial charge in [0.15, 0.2) is 0 Å². The predicted octanol–water partition coefficient (Wildman–Crippen LogP) is 2.37. The highest BCUT2D eigenvalue weighted by Gasteiger charge is 2.39. The van der Waals surface area contributed by atoms with Crippen molar-refractivity contribution in [3.8, 4) is 0 Å². The molecule has 0 radical (unpaired) electrons. The first-order valence-corrected chi connectivity index (χ1v) is 8.45. The highest BCUT2D eigenvalue weighted by molar-refractivity contribution is 5.92. The molecular weight excluding hydrogens is 276 g/mol. The van der Waals surface area contributed by atoms with E-state index in [9.17, 15) is 4.79 Å². The van der Waals surface area contributed by atoms with Crippen LogP contribution in [0.15, 0.2) is 18.2 Å². The number of rotatable bonds is 1. The fourth-order valence-electron chi connectivity index (χ4n) is 4.26. The van der Waals surface area contributed by atoms with Gasteiger partial charge >= 0.3 is 5.97 Å². The molecule has 22 heavy (non-hydrogen) atoms. The second-order valence-electron chi connectivity index (χ2n) is 7.18. The van der Waals surface area contributed by atoms with Gasteiger partial charge in [0.25, 0.3) is 0 Å². The summed E-state index contributed by atoms with van der Waals surface area (Å²) >= 11 is 0. The Morgan fingerprint density at radius 3 is 2.91 bits per heavy atom. The largest absolute Gasteiger partial charge is 0.459 e. The van der Waals surface area contributed by atoms with Crippen molar-refractivity contribution in [3.63, 3.8) is 0 Å². The maximum Gasteiger partial charge on any atom is 0.338 e. The molecular formula is C18H24N2O2. The lowest BCUT2D eigenvalue weighted by atomic mass is 9.78. The second-order valence-corrected chi connectivity index (χ2v) is 7.18. The molecule has 1 atom stereocenters. The zero-order chi connectivity index (χ0) is 15.2. The monoisotopic (exact) mass is 300 g/mol. The van der Waals surface area contributed by atoms with Crippen LogP contribution in [0.4, 0.5) is 5.69 Å². The topological polar surface area (TPSA) is 41.6 Å². The number of piperidine rings is 1. The molecule has 0 bridgehead atoms. The van der Waals surface area contributed by atoms with Crippen LogP contribution >= 0.6 is 0 Å². The third-order valence-corrected chi connectivity index (χ3v) is 5.59. The van der Waals surface area contributed by atoms with Crippen molar-refractivity contribution in [2.24, 2.45) is 5.41 Å². The Hall–Kier alpha value is -1.55. The Morgan fingerprint density at radius 1 is 1.27 bits per heavy atom. The van der Waals surface area contributed by atoms with E-state index in [-0.39, 0.29) is 12.1 Å². The van der Waals surface area contributed by atoms with Gasteiger partial charge in [-0.1, -0.05) is 0 Å². The van der Waals surface area contributed by atoms with Gasteiger partial charge in [-0.05, 0) is 68.5 Å². The van der Waals surface area contributed by atoms with Crippen molar-refractivity contribution in [2.45, 2.75) is 38.7 Å². The van der Waals surface area contributed by atoms with Crippen LogP contribution in [0.2, 0.25) is 0 Å². The smallest absolute Gasteiger partial charge is 0.338 e. The zero-order valence-corrected chi connectivity index (χ0v) is 13.2. The highest BCUT2D eigenvalue weighted by Crippen LogP contribution is 2.40. The van der Waals surface area contributed by atoms with Crippen molar-refractivity contribution in [1.29, 1.82) is 0 Å². The van der Waals surface area contributed by atoms with E-state index in [1.165, 1.54) is 24.9 Å². The maximum absolute atomic E-state index is 11.9. The summed E-state index contributed by atoms with van der Waals surface area (Å²) in [5.41, 5.74) is 3.68. The number of ether oxygens (including phenoxy) is 1. The minimum Gasteiger partial charge on any atom is -0.459 e. The van der Waals surface area contributed by atoms with Crippen LogP contribution in [0, 0.1) is 5.41 Å². The normalized spacial score (nSPS) is 26.9. The van der Waals surface area contributed by atoms with Crippen LogP contribution in [-0.4, -0.2) is 38.3 Å². The maximum atomic E-state index is 11.9. The molecule has 1 N–H and O–H groups in total. The molecule has 118 valence electrons. The summed E-state index contributed by atoms with van der Waals surface area (Å²) < 4.78 is 5.31. The minimum absolute atomic E-state index is 0.00964. The summed E-state index contributed by atoms with van der Waals surface area (Å²) in [6.45, 7) is 6.57. The van der Waals surface area contributed by atoms with Crippen LogP contribution in [-0.2, 0) is 11.2 Å². The molecule has 3 aliphatic rings. The molecule has 4 rings (SSSR count). The Kier molecular flexibility index (Phi) is 3.37. The number of benzene rings is 1. The zero-order valence-electron chi connectivity index (χ0n) is 13.2. The molecule has 1 unspecified atom stereocenters. The average molecular weight is 300 g/mol. The second kappa shape index (κ2) is 5.27. The van der Waals surface area contributed by atoms with Crippen molar-refractivity contribution in [2.75, 3.05) is 31.1 Å². The molecule has 3 aliphatic heterocycles. The van der Waals surface area contributed by atoms with Gasteiger partial charge in [0.1, 0.15) is 6.10 Å². The van der Waals surface area contributed by atoms with Gasteiger partial charge in [-0.25, -0.2) is 4.79 Å². The Morgan fingerprint density at radius 2 is 2.09 bits per heavy atom. The summed E-state index contributed by atoms with van der Waals surface area (Å²) in [5.74, 6) is -0.170. The summed E-state index contributed by atoms with van der Waals surface area (Å²) in [7, 11) is 0. The number of cyclic esters (lactones) is 1. The fourth-order valence-corrected chi connectivity index (χ4v) is 4.26. The summed E-state index contributed by atoms with van der Waals surface area (Å²) in [6, 6.07) is 6.26. The van der Waals surface area contributed by atoms with Crippen molar-refractivity contribution >= 4 is 11.7 Å². The van der Waals surface area contributed by atoms with Crippen LogP contribution in [0.3, 0.4) is 0 Å². The van der Waals surface area contributed by atoms with Gasteiger partial charge < -0.3 is 15.0 Å². The standard InChI is InChI=1S/C18H24N2O2/c1-13-10-14-11-15(2-3-16(14)17(21)22-13)20-9-6-18(12-20)4-7-19-8-5-18/h2-3,11,13,19H,4-10,12H2,1H3. The molecule has 0 amide bonds. The number of nitrogens with zero attached hydrogens (tertiary/aromatic N) is 1. The SMILES string of the molecule is CC1Cc2cc(N3CCC4(CCNCC4)C3)ccc2C(=O)O1. The number of carbonyl (C=O) groups is 1. The van der Waals surface area contributed by atoms with Crippen LogP contribution in [0.1, 0.15) is 42.1 Å². The first kappa shape index (κ1) is 14.1. The van der Waals surface area contributed by atoms with Gasteiger partial charge in [-0.15, -0.1) is 0 Å². The molecule has 0 saturated carbocycles.